The minimum absolute atomic E-state index is 0.298. The van der Waals surface area contributed by atoms with E-state index in [0.29, 0.717) is 17.4 Å². The molecule has 0 bridgehead atoms. The maximum absolute atomic E-state index is 11.9. The molecule has 1 spiro atoms. The zero-order valence-corrected chi connectivity index (χ0v) is 8.83. The summed E-state index contributed by atoms with van der Waals surface area (Å²) >= 11 is 0. The summed E-state index contributed by atoms with van der Waals surface area (Å²) in [7, 11) is 0. The van der Waals surface area contributed by atoms with Crippen molar-refractivity contribution in [2.75, 3.05) is 26.2 Å². The Hall–Kier alpha value is -0.730. The van der Waals surface area contributed by atoms with E-state index in [2.05, 4.69) is 6.92 Å². The Kier molecular flexibility index (Phi) is 1.62. The number of rotatable bonds is 0. The second kappa shape index (κ2) is 2.65. The van der Waals surface area contributed by atoms with Crippen LogP contribution in [0.25, 0.3) is 0 Å². The van der Waals surface area contributed by atoms with Gasteiger partial charge in [-0.3, -0.25) is 0 Å². The van der Waals surface area contributed by atoms with E-state index < -0.39 is 0 Å². The van der Waals surface area contributed by atoms with Gasteiger partial charge in [0, 0.05) is 31.6 Å². The van der Waals surface area contributed by atoms with Crippen molar-refractivity contribution in [3.05, 3.63) is 0 Å². The Morgan fingerprint density at radius 2 is 2.00 bits per heavy atom. The van der Waals surface area contributed by atoms with Crippen LogP contribution < -0.4 is 0 Å². The van der Waals surface area contributed by atoms with Crippen LogP contribution in [0.1, 0.15) is 26.2 Å². The number of carbonyl (C=O) groups is 1. The second-order valence-electron chi connectivity index (χ2n) is 5.48. The topological polar surface area (TPSA) is 23.6 Å². The average molecular weight is 194 g/mol. The standard InChI is InChI=1S/C11H18N2O/c1-9-2-5-12(6-9)10(14)13-7-11(8-13)3-4-11/h9H,2-8H2,1H3. The van der Waals surface area contributed by atoms with E-state index in [1.807, 2.05) is 9.80 Å². The second-order valence-corrected chi connectivity index (χ2v) is 5.48. The summed E-state index contributed by atoms with van der Waals surface area (Å²) in [5, 5.41) is 0. The van der Waals surface area contributed by atoms with Crippen molar-refractivity contribution < 1.29 is 4.79 Å². The van der Waals surface area contributed by atoms with E-state index in [9.17, 15) is 4.79 Å². The van der Waals surface area contributed by atoms with Crippen LogP contribution in [0.4, 0.5) is 4.79 Å². The maximum Gasteiger partial charge on any atom is 0.320 e. The summed E-state index contributed by atoms with van der Waals surface area (Å²) in [6.45, 7) is 6.25. The zero-order chi connectivity index (χ0) is 9.76. The lowest BCUT2D eigenvalue weighted by Crippen LogP contribution is -2.55. The maximum atomic E-state index is 11.9. The molecule has 1 atom stereocenters. The molecule has 3 fully saturated rings. The fourth-order valence-electron chi connectivity index (χ4n) is 2.70. The molecule has 1 unspecified atom stereocenters. The van der Waals surface area contributed by atoms with Gasteiger partial charge in [-0.2, -0.15) is 0 Å². The van der Waals surface area contributed by atoms with Crippen LogP contribution in [0.2, 0.25) is 0 Å². The zero-order valence-electron chi connectivity index (χ0n) is 8.83. The molecule has 0 aromatic carbocycles. The van der Waals surface area contributed by atoms with Gasteiger partial charge < -0.3 is 9.80 Å². The first kappa shape index (κ1) is 8.57. The normalized spacial score (nSPS) is 33.4. The van der Waals surface area contributed by atoms with Crippen molar-refractivity contribution in [2.24, 2.45) is 11.3 Å². The molecule has 3 heteroatoms. The van der Waals surface area contributed by atoms with Crippen molar-refractivity contribution in [1.29, 1.82) is 0 Å². The smallest absolute Gasteiger partial charge is 0.320 e. The van der Waals surface area contributed by atoms with Crippen LogP contribution in [0.3, 0.4) is 0 Å². The third-order valence-corrected chi connectivity index (χ3v) is 3.97. The highest BCUT2D eigenvalue weighted by Crippen LogP contribution is 2.53. The number of carbonyl (C=O) groups excluding carboxylic acids is 1. The van der Waals surface area contributed by atoms with E-state index in [4.69, 9.17) is 0 Å². The van der Waals surface area contributed by atoms with Crippen molar-refractivity contribution in [2.45, 2.75) is 26.2 Å². The lowest BCUT2D eigenvalue weighted by Gasteiger charge is -2.41. The predicted molar refractivity (Wildman–Crippen MR) is 54.0 cm³/mol. The van der Waals surface area contributed by atoms with Crippen LogP contribution in [-0.2, 0) is 0 Å². The molecule has 1 aliphatic carbocycles. The van der Waals surface area contributed by atoms with E-state index in [1.165, 1.54) is 19.3 Å². The molecule has 3 rings (SSSR count). The number of likely N-dealkylation sites (tertiary alicyclic amines) is 2. The molecule has 2 aliphatic heterocycles. The molecular formula is C11H18N2O. The predicted octanol–water partition coefficient (Wildman–Crippen LogP) is 1.54. The highest BCUT2D eigenvalue weighted by Gasteiger charge is 2.54. The fourth-order valence-corrected chi connectivity index (χ4v) is 2.70. The summed E-state index contributed by atoms with van der Waals surface area (Å²) in [6.07, 6.45) is 3.89. The van der Waals surface area contributed by atoms with Gasteiger partial charge in [0.15, 0.2) is 0 Å². The van der Waals surface area contributed by atoms with E-state index in [-0.39, 0.29) is 0 Å². The Bertz CT molecular complexity index is 264. The number of nitrogens with zero attached hydrogens (tertiary/aromatic N) is 2. The third-order valence-electron chi connectivity index (χ3n) is 3.97. The highest BCUT2D eigenvalue weighted by molar-refractivity contribution is 5.76. The molecule has 0 aromatic heterocycles. The largest absolute Gasteiger partial charge is 0.324 e. The van der Waals surface area contributed by atoms with E-state index in [0.717, 1.165) is 26.2 Å². The minimum Gasteiger partial charge on any atom is -0.324 e. The molecule has 3 nitrogen and oxygen atoms in total. The molecule has 0 aromatic rings. The highest BCUT2D eigenvalue weighted by atomic mass is 16.2. The molecule has 0 radical (unpaired) electrons. The summed E-state index contributed by atoms with van der Waals surface area (Å²) in [5.74, 6) is 0.704. The van der Waals surface area contributed by atoms with Gasteiger partial charge in [0.25, 0.3) is 0 Å². The van der Waals surface area contributed by atoms with Crippen molar-refractivity contribution >= 4 is 6.03 Å². The lowest BCUT2D eigenvalue weighted by atomic mass is 9.98. The average Bonchev–Trinajstić information content (AvgIpc) is 2.79. The van der Waals surface area contributed by atoms with E-state index in [1.54, 1.807) is 0 Å². The molecule has 1 saturated carbocycles. The molecular weight excluding hydrogens is 176 g/mol. The molecule has 2 heterocycles. The van der Waals surface area contributed by atoms with Gasteiger partial charge in [0.1, 0.15) is 0 Å². The minimum atomic E-state index is 0.298. The first-order chi connectivity index (χ1) is 6.69. The van der Waals surface area contributed by atoms with Crippen molar-refractivity contribution in [3.63, 3.8) is 0 Å². The number of amides is 2. The molecule has 2 saturated heterocycles. The number of hydrogen-bond acceptors (Lipinski definition) is 1. The van der Waals surface area contributed by atoms with Crippen LogP contribution in [0.15, 0.2) is 0 Å². The first-order valence-electron chi connectivity index (χ1n) is 5.72. The van der Waals surface area contributed by atoms with Gasteiger partial charge in [-0.05, 0) is 25.2 Å². The molecule has 2 amide bonds. The van der Waals surface area contributed by atoms with Crippen molar-refractivity contribution in [3.8, 4) is 0 Å². The number of hydrogen-bond donors (Lipinski definition) is 0. The monoisotopic (exact) mass is 194 g/mol. The SMILES string of the molecule is CC1CCN(C(=O)N2CC3(CC3)C2)C1. The lowest BCUT2D eigenvalue weighted by molar-refractivity contribution is 0.0833. The van der Waals surface area contributed by atoms with Crippen molar-refractivity contribution in [1.82, 2.24) is 9.80 Å². The van der Waals surface area contributed by atoms with Gasteiger partial charge in [0.2, 0.25) is 0 Å². The van der Waals surface area contributed by atoms with Crippen LogP contribution in [0.5, 0.6) is 0 Å². The quantitative estimate of drug-likeness (QED) is 0.574. The number of urea groups is 1. The summed E-state index contributed by atoms with van der Waals surface area (Å²) in [6, 6.07) is 0.298. The molecule has 78 valence electrons. The van der Waals surface area contributed by atoms with Crippen LogP contribution in [-0.4, -0.2) is 42.0 Å². The Balaban J connectivity index is 1.55. The fraction of sp³-hybridized carbons (Fsp3) is 0.909. The van der Waals surface area contributed by atoms with Gasteiger partial charge in [-0.15, -0.1) is 0 Å². The Labute approximate surface area is 85.1 Å². The molecule has 14 heavy (non-hydrogen) atoms. The van der Waals surface area contributed by atoms with Gasteiger partial charge >= 0.3 is 6.03 Å². The Morgan fingerprint density at radius 1 is 1.29 bits per heavy atom. The summed E-state index contributed by atoms with van der Waals surface area (Å²) in [5.41, 5.74) is 0.598. The Morgan fingerprint density at radius 3 is 2.50 bits per heavy atom. The molecule has 0 N–H and O–H groups in total. The van der Waals surface area contributed by atoms with Gasteiger partial charge in [-0.25, -0.2) is 4.79 Å². The summed E-state index contributed by atoms with van der Waals surface area (Å²) in [4.78, 5) is 16.0. The third kappa shape index (κ3) is 1.22. The van der Waals surface area contributed by atoms with Crippen LogP contribution in [0, 0.1) is 11.3 Å². The first-order valence-corrected chi connectivity index (χ1v) is 5.72. The molecule has 3 aliphatic rings. The van der Waals surface area contributed by atoms with Gasteiger partial charge in [-0.1, -0.05) is 6.92 Å². The summed E-state index contributed by atoms with van der Waals surface area (Å²) < 4.78 is 0. The van der Waals surface area contributed by atoms with Crippen LogP contribution >= 0.6 is 0 Å². The van der Waals surface area contributed by atoms with E-state index >= 15 is 0 Å². The van der Waals surface area contributed by atoms with Gasteiger partial charge in [0.05, 0.1) is 0 Å².